The van der Waals surface area contributed by atoms with E-state index in [0.717, 1.165) is 13.6 Å². The zero-order valence-corrected chi connectivity index (χ0v) is 10.8. The molecule has 0 saturated carbocycles. The van der Waals surface area contributed by atoms with Gasteiger partial charge in [0.25, 0.3) is 5.91 Å². The summed E-state index contributed by atoms with van der Waals surface area (Å²) in [6, 6.07) is 5.66. The molecule has 0 heterocycles. The van der Waals surface area contributed by atoms with E-state index in [4.69, 9.17) is 0 Å². The molecule has 0 spiro atoms. The van der Waals surface area contributed by atoms with Gasteiger partial charge in [0.05, 0.1) is 5.56 Å². The first kappa shape index (κ1) is 11.0. The van der Waals surface area contributed by atoms with E-state index in [-0.39, 0.29) is 5.91 Å². The van der Waals surface area contributed by atoms with E-state index in [1.54, 1.807) is 0 Å². The Kier molecular flexibility index (Phi) is 4.18. The molecule has 0 atom stereocenters. The van der Waals surface area contributed by atoms with Gasteiger partial charge in [0.2, 0.25) is 0 Å². The summed E-state index contributed by atoms with van der Waals surface area (Å²) in [4.78, 5) is 11.5. The Morgan fingerprint density at radius 2 is 2.31 bits per heavy atom. The molecule has 1 aromatic rings. The topological polar surface area (TPSA) is 29.1 Å². The Morgan fingerprint density at radius 3 is 2.92 bits per heavy atom. The van der Waals surface area contributed by atoms with Crippen LogP contribution >= 0.6 is 38.5 Å². The van der Waals surface area contributed by atoms with Crippen molar-refractivity contribution in [3.63, 3.8) is 0 Å². The van der Waals surface area contributed by atoms with E-state index in [0.29, 0.717) is 6.54 Å². The largest absolute Gasteiger partial charge is 0.352 e. The molecule has 0 aliphatic heterocycles. The fourth-order valence-corrected chi connectivity index (χ4v) is 1.87. The van der Waals surface area contributed by atoms with E-state index >= 15 is 0 Å². The van der Waals surface area contributed by atoms with Crippen molar-refractivity contribution in [3.05, 3.63) is 31.8 Å². The number of rotatable bonds is 2. The van der Waals surface area contributed by atoms with E-state index in [9.17, 15) is 4.79 Å². The molecule has 70 valence electrons. The van der Waals surface area contributed by atoms with Gasteiger partial charge >= 0.3 is 0 Å². The summed E-state index contributed by atoms with van der Waals surface area (Å²) in [6.07, 6.45) is 0. The van der Waals surface area contributed by atoms with Crippen LogP contribution in [0.15, 0.2) is 22.7 Å². The van der Waals surface area contributed by atoms with Crippen LogP contribution in [0.5, 0.6) is 0 Å². The summed E-state index contributed by atoms with van der Waals surface area (Å²) < 4.78 is 1.89. The molecule has 13 heavy (non-hydrogen) atoms. The summed E-state index contributed by atoms with van der Waals surface area (Å²) in [5.41, 5.74) is 0.719. The van der Waals surface area contributed by atoms with Gasteiger partial charge in [-0.25, -0.2) is 0 Å². The molecule has 0 radical (unpaired) electrons. The van der Waals surface area contributed by atoms with E-state index < -0.39 is 0 Å². The lowest BCUT2D eigenvalue weighted by molar-refractivity contribution is 0.0955. The Labute approximate surface area is 99.4 Å². The second-order valence-electron chi connectivity index (χ2n) is 2.48. The molecule has 0 bridgehead atoms. The van der Waals surface area contributed by atoms with Crippen molar-refractivity contribution in [1.82, 2.24) is 5.32 Å². The SMILES string of the molecule is CCNC(=O)c1cc(Br)ccc1I. The minimum absolute atomic E-state index is 0.0202. The van der Waals surface area contributed by atoms with Gasteiger partial charge in [-0.2, -0.15) is 0 Å². The van der Waals surface area contributed by atoms with Crippen molar-refractivity contribution < 1.29 is 4.79 Å². The number of benzene rings is 1. The van der Waals surface area contributed by atoms with Gasteiger partial charge in [0.1, 0.15) is 0 Å². The first-order valence-corrected chi connectivity index (χ1v) is 5.75. The molecule has 0 aliphatic rings. The first-order chi connectivity index (χ1) is 6.15. The zero-order chi connectivity index (χ0) is 9.84. The average molecular weight is 354 g/mol. The maximum absolute atomic E-state index is 11.5. The second kappa shape index (κ2) is 4.95. The number of halogens is 2. The van der Waals surface area contributed by atoms with E-state index in [1.165, 1.54) is 0 Å². The van der Waals surface area contributed by atoms with Gasteiger partial charge in [0.15, 0.2) is 0 Å². The van der Waals surface area contributed by atoms with Crippen molar-refractivity contribution >= 4 is 44.4 Å². The van der Waals surface area contributed by atoms with Crippen LogP contribution in [0.1, 0.15) is 17.3 Å². The van der Waals surface area contributed by atoms with Crippen LogP contribution in [0, 0.1) is 3.57 Å². The highest BCUT2D eigenvalue weighted by atomic mass is 127. The summed E-state index contributed by atoms with van der Waals surface area (Å²) in [7, 11) is 0. The molecule has 4 heteroatoms. The van der Waals surface area contributed by atoms with Crippen LogP contribution in [0.4, 0.5) is 0 Å². The first-order valence-electron chi connectivity index (χ1n) is 3.88. The van der Waals surface area contributed by atoms with Gasteiger partial charge in [-0.15, -0.1) is 0 Å². The molecule has 1 N–H and O–H groups in total. The molecule has 1 amide bonds. The zero-order valence-electron chi connectivity index (χ0n) is 7.10. The Bertz CT molecular complexity index is 327. The van der Waals surface area contributed by atoms with E-state index in [1.807, 2.05) is 25.1 Å². The van der Waals surface area contributed by atoms with Crippen LogP contribution in [0.3, 0.4) is 0 Å². The van der Waals surface area contributed by atoms with E-state index in [2.05, 4.69) is 43.8 Å². The highest BCUT2D eigenvalue weighted by molar-refractivity contribution is 14.1. The third-order valence-corrected chi connectivity index (χ3v) is 2.94. The van der Waals surface area contributed by atoms with Crippen LogP contribution in [-0.4, -0.2) is 12.5 Å². The van der Waals surface area contributed by atoms with Crippen LogP contribution < -0.4 is 5.32 Å². The highest BCUT2D eigenvalue weighted by Gasteiger charge is 2.08. The lowest BCUT2D eigenvalue weighted by atomic mass is 10.2. The predicted octanol–water partition coefficient (Wildman–Crippen LogP) is 2.80. The number of nitrogens with one attached hydrogen (secondary N) is 1. The smallest absolute Gasteiger partial charge is 0.252 e. The Hall–Kier alpha value is -0.100. The predicted molar refractivity (Wildman–Crippen MR) is 64.9 cm³/mol. The summed E-state index contributed by atoms with van der Waals surface area (Å²) in [5.74, 6) is -0.0202. The monoisotopic (exact) mass is 353 g/mol. The van der Waals surface area contributed by atoms with Gasteiger partial charge in [-0.05, 0) is 47.7 Å². The minimum Gasteiger partial charge on any atom is -0.352 e. The summed E-state index contributed by atoms with van der Waals surface area (Å²) >= 11 is 5.48. The normalized spacial score (nSPS) is 9.77. The fraction of sp³-hybridized carbons (Fsp3) is 0.222. The van der Waals surface area contributed by atoms with Crippen molar-refractivity contribution in [2.45, 2.75) is 6.92 Å². The molecule has 1 aromatic carbocycles. The second-order valence-corrected chi connectivity index (χ2v) is 4.56. The van der Waals surface area contributed by atoms with Crippen LogP contribution in [0.25, 0.3) is 0 Å². The molecule has 1 rings (SSSR count). The maximum atomic E-state index is 11.5. The number of amides is 1. The molecule has 0 aromatic heterocycles. The Morgan fingerprint density at radius 1 is 1.62 bits per heavy atom. The third-order valence-electron chi connectivity index (χ3n) is 1.51. The number of hydrogen-bond donors (Lipinski definition) is 1. The fourth-order valence-electron chi connectivity index (χ4n) is 0.927. The summed E-state index contributed by atoms with van der Waals surface area (Å²) in [6.45, 7) is 2.56. The van der Waals surface area contributed by atoms with Crippen LogP contribution in [-0.2, 0) is 0 Å². The number of hydrogen-bond acceptors (Lipinski definition) is 1. The van der Waals surface area contributed by atoms with Gasteiger partial charge in [-0.1, -0.05) is 15.9 Å². The molecule has 0 fully saturated rings. The molecule has 0 aliphatic carbocycles. The van der Waals surface area contributed by atoms with Crippen molar-refractivity contribution in [2.75, 3.05) is 6.54 Å². The lowest BCUT2D eigenvalue weighted by Crippen LogP contribution is -2.23. The quantitative estimate of drug-likeness (QED) is 0.814. The number of carbonyl (C=O) groups excluding carboxylic acids is 1. The van der Waals surface area contributed by atoms with Gasteiger partial charge in [-0.3, -0.25) is 4.79 Å². The average Bonchev–Trinajstić information content (AvgIpc) is 2.09. The number of carbonyl (C=O) groups is 1. The summed E-state index contributed by atoms with van der Waals surface area (Å²) in [5, 5.41) is 2.77. The van der Waals surface area contributed by atoms with Gasteiger partial charge < -0.3 is 5.32 Å². The standard InChI is InChI=1S/C9H9BrINO/c1-2-12-9(13)7-5-6(10)3-4-8(7)11/h3-5H,2H2,1H3,(H,12,13). The molecule has 0 saturated heterocycles. The van der Waals surface area contributed by atoms with Crippen LogP contribution in [0.2, 0.25) is 0 Å². The van der Waals surface area contributed by atoms with Crippen molar-refractivity contribution in [1.29, 1.82) is 0 Å². The lowest BCUT2D eigenvalue weighted by Gasteiger charge is -2.04. The molecule has 0 unspecified atom stereocenters. The molecular weight excluding hydrogens is 345 g/mol. The van der Waals surface area contributed by atoms with Gasteiger partial charge in [0, 0.05) is 14.6 Å². The maximum Gasteiger partial charge on any atom is 0.252 e. The van der Waals surface area contributed by atoms with Crippen molar-refractivity contribution in [2.24, 2.45) is 0 Å². The third kappa shape index (κ3) is 2.95. The minimum atomic E-state index is -0.0202. The molecule has 2 nitrogen and oxygen atoms in total. The van der Waals surface area contributed by atoms with Crippen molar-refractivity contribution in [3.8, 4) is 0 Å². The highest BCUT2D eigenvalue weighted by Crippen LogP contribution is 2.18. The Balaban J connectivity index is 2.99. The molecular formula is C9H9BrINO.